The van der Waals surface area contributed by atoms with Gasteiger partial charge in [-0.15, -0.1) is 0 Å². The fourth-order valence-corrected chi connectivity index (χ4v) is 1.17. The first-order valence-electron chi connectivity index (χ1n) is 5.81. The van der Waals surface area contributed by atoms with Gasteiger partial charge in [-0.3, -0.25) is 5.10 Å². The molecular weight excluding hydrogens is 244 g/mol. The number of carbonyl (C=O) groups excluding carboxylic acids is 1. The van der Waals surface area contributed by atoms with E-state index in [1.807, 2.05) is 6.07 Å². The molecule has 0 saturated carbocycles. The number of alkyl carbamates (subject to hydrolysis) is 1. The van der Waals surface area contributed by atoms with Crippen LogP contribution in [0.5, 0.6) is 0 Å². The van der Waals surface area contributed by atoms with Crippen LogP contribution < -0.4 is 5.32 Å². The number of ether oxygens (including phenoxy) is 1. The third-order valence-corrected chi connectivity index (χ3v) is 1.89. The second-order valence-electron chi connectivity index (χ2n) is 4.75. The van der Waals surface area contributed by atoms with E-state index in [0.29, 0.717) is 24.2 Å². The van der Waals surface area contributed by atoms with Crippen molar-refractivity contribution < 1.29 is 9.53 Å². The van der Waals surface area contributed by atoms with E-state index in [-0.39, 0.29) is 0 Å². The topological polar surface area (TPSA) is 90.8 Å². The van der Waals surface area contributed by atoms with Gasteiger partial charge in [0.2, 0.25) is 0 Å². The van der Waals surface area contributed by atoms with Crippen molar-refractivity contribution in [3.05, 3.63) is 17.5 Å². The normalized spacial score (nSPS) is 10.0. The monoisotopic (exact) mass is 260 g/mol. The molecule has 0 unspecified atom stereocenters. The number of aromatic nitrogens is 2. The Morgan fingerprint density at radius 2 is 2.32 bits per heavy atom. The lowest BCUT2D eigenvalue weighted by molar-refractivity contribution is 0.0529. The molecule has 0 fully saturated rings. The van der Waals surface area contributed by atoms with Gasteiger partial charge in [-0.2, -0.15) is 10.4 Å². The molecular formula is C13H16N4O2. The Morgan fingerprint density at radius 3 is 2.95 bits per heavy atom. The van der Waals surface area contributed by atoms with Crippen molar-refractivity contribution in [3.63, 3.8) is 0 Å². The van der Waals surface area contributed by atoms with Crippen LogP contribution in [-0.2, 0) is 4.74 Å². The van der Waals surface area contributed by atoms with Crippen LogP contribution in [0, 0.1) is 23.2 Å². The Morgan fingerprint density at radius 1 is 1.58 bits per heavy atom. The van der Waals surface area contributed by atoms with E-state index in [2.05, 4.69) is 27.4 Å². The first-order chi connectivity index (χ1) is 8.92. The zero-order valence-electron chi connectivity index (χ0n) is 11.2. The molecule has 1 amide bonds. The number of hydrogen-bond donors (Lipinski definition) is 2. The molecule has 1 aromatic heterocycles. The summed E-state index contributed by atoms with van der Waals surface area (Å²) in [5.74, 6) is 5.66. The lowest BCUT2D eigenvalue weighted by atomic mass is 10.2. The third-order valence-electron chi connectivity index (χ3n) is 1.89. The highest BCUT2D eigenvalue weighted by atomic mass is 16.6. The zero-order valence-corrected chi connectivity index (χ0v) is 11.2. The summed E-state index contributed by atoms with van der Waals surface area (Å²) in [6, 6.07) is 1.95. The van der Waals surface area contributed by atoms with E-state index in [9.17, 15) is 4.79 Å². The van der Waals surface area contributed by atoms with Crippen molar-refractivity contribution in [2.24, 2.45) is 0 Å². The Labute approximate surface area is 112 Å². The summed E-state index contributed by atoms with van der Waals surface area (Å²) in [5.41, 5.74) is 0.390. The second kappa shape index (κ2) is 6.46. The summed E-state index contributed by atoms with van der Waals surface area (Å²) in [6.45, 7) is 5.79. The molecule has 6 heteroatoms. The highest BCUT2D eigenvalue weighted by Gasteiger charge is 2.15. The third kappa shape index (κ3) is 5.60. The molecule has 1 aromatic rings. The van der Waals surface area contributed by atoms with Gasteiger partial charge < -0.3 is 10.1 Å². The van der Waals surface area contributed by atoms with E-state index >= 15 is 0 Å². The second-order valence-corrected chi connectivity index (χ2v) is 4.75. The lowest BCUT2D eigenvalue weighted by Gasteiger charge is -2.19. The minimum Gasteiger partial charge on any atom is -0.444 e. The van der Waals surface area contributed by atoms with Crippen LogP contribution >= 0.6 is 0 Å². The minimum atomic E-state index is -0.506. The van der Waals surface area contributed by atoms with Crippen molar-refractivity contribution >= 4 is 6.09 Å². The molecule has 0 aliphatic rings. The van der Waals surface area contributed by atoms with E-state index in [1.165, 1.54) is 6.20 Å². The number of carbonyl (C=O) groups is 1. The van der Waals surface area contributed by atoms with E-state index in [4.69, 9.17) is 10.00 Å². The smallest absolute Gasteiger partial charge is 0.407 e. The minimum absolute atomic E-state index is 0.340. The molecule has 0 spiro atoms. The molecule has 1 rings (SSSR count). The number of rotatable bonds is 2. The van der Waals surface area contributed by atoms with E-state index in [0.717, 1.165) is 0 Å². The van der Waals surface area contributed by atoms with Crippen LogP contribution in [0.2, 0.25) is 0 Å². The molecule has 100 valence electrons. The van der Waals surface area contributed by atoms with Gasteiger partial charge in [0.25, 0.3) is 0 Å². The number of aromatic amines is 1. The van der Waals surface area contributed by atoms with Crippen molar-refractivity contribution in [2.45, 2.75) is 32.8 Å². The summed E-state index contributed by atoms with van der Waals surface area (Å²) >= 11 is 0. The summed E-state index contributed by atoms with van der Waals surface area (Å²) in [7, 11) is 0. The molecule has 0 aromatic carbocycles. The van der Waals surface area contributed by atoms with Crippen LogP contribution in [0.3, 0.4) is 0 Å². The molecule has 0 saturated heterocycles. The van der Waals surface area contributed by atoms with Crippen molar-refractivity contribution in [2.75, 3.05) is 6.54 Å². The largest absolute Gasteiger partial charge is 0.444 e. The molecule has 0 atom stereocenters. The van der Waals surface area contributed by atoms with Gasteiger partial charge >= 0.3 is 6.09 Å². The summed E-state index contributed by atoms with van der Waals surface area (Å²) in [5, 5.41) is 17.6. The average Bonchev–Trinajstić information content (AvgIpc) is 2.73. The standard InChI is InChI=1S/C13H16N4O2/c1-13(2,3)19-12(18)15-7-5-4-6-10-9-16-17-11(10)8-14/h9H,5,7H2,1-3H3,(H,15,18)(H,16,17). The summed E-state index contributed by atoms with van der Waals surface area (Å²) in [6.07, 6.45) is 1.50. The first kappa shape index (κ1) is 14.6. The van der Waals surface area contributed by atoms with Gasteiger partial charge in [-0.25, -0.2) is 4.79 Å². The molecule has 6 nitrogen and oxygen atoms in total. The maximum absolute atomic E-state index is 11.3. The number of nitrogens with one attached hydrogen (secondary N) is 2. The van der Waals surface area contributed by atoms with E-state index in [1.54, 1.807) is 20.8 Å². The van der Waals surface area contributed by atoms with Crippen molar-refractivity contribution in [1.29, 1.82) is 5.26 Å². The van der Waals surface area contributed by atoms with Gasteiger partial charge in [-0.05, 0) is 20.8 Å². The maximum atomic E-state index is 11.3. The predicted octanol–water partition coefficient (Wildman–Crippen LogP) is 1.55. The number of hydrogen-bond acceptors (Lipinski definition) is 4. The van der Waals surface area contributed by atoms with Crippen LogP contribution in [0.4, 0.5) is 4.79 Å². The van der Waals surface area contributed by atoms with Gasteiger partial charge in [0.05, 0.1) is 11.8 Å². The maximum Gasteiger partial charge on any atom is 0.407 e. The van der Waals surface area contributed by atoms with Crippen LogP contribution in [-0.4, -0.2) is 28.4 Å². The summed E-state index contributed by atoms with van der Waals surface area (Å²) in [4.78, 5) is 11.3. The number of nitriles is 1. The molecule has 0 bridgehead atoms. The highest BCUT2D eigenvalue weighted by molar-refractivity contribution is 5.67. The van der Waals surface area contributed by atoms with Gasteiger partial charge in [0.15, 0.2) is 5.69 Å². The summed E-state index contributed by atoms with van der Waals surface area (Å²) < 4.78 is 5.07. The number of H-pyrrole nitrogens is 1. The quantitative estimate of drug-likeness (QED) is 0.623. The van der Waals surface area contributed by atoms with Crippen molar-refractivity contribution in [1.82, 2.24) is 15.5 Å². The lowest BCUT2D eigenvalue weighted by Crippen LogP contribution is -2.32. The van der Waals surface area contributed by atoms with Gasteiger partial charge in [0.1, 0.15) is 11.7 Å². The molecule has 1 heterocycles. The van der Waals surface area contributed by atoms with Crippen LogP contribution in [0.25, 0.3) is 0 Å². The van der Waals surface area contributed by atoms with Crippen LogP contribution in [0.1, 0.15) is 38.4 Å². The van der Waals surface area contributed by atoms with Crippen LogP contribution in [0.15, 0.2) is 6.20 Å². The Hall–Kier alpha value is -2.47. The molecule has 0 radical (unpaired) electrons. The van der Waals surface area contributed by atoms with Gasteiger partial charge in [-0.1, -0.05) is 11.8 Å². The molecule has 0 aliphatic carbocycles. The average molecular weight is 260 g/mol. The molecule has 19 heavy (non-hydrogen) atoms. The molecule has 2 N–H and O–H groups in total. The fraction of sp³-hybridized carbons (Fsp3) is 0.462. The molecule has 0 aliphatic heterocycles. The Balaban J connectivity index is 2.33. The zero-order chi connectivity index (χ0) is 14.3. The van der Waals surface area contributed by atoms with E-state index < -0.39 is 11.7 Å². The number of nitrogens with zero attached hydrogens (tertiary/aromatic N) is 2. The highest BCUT2D eigenvalue weighted by Crippen LogP contribution is 2.06. The van der Waals surface area contributed by atoms with Crippen molar-refractivity contribution in [3.8, 4) is 17.9 Å². The SMILES string of the molecule is CC(C)(C)OC(=O)NCCC#Cc1cn[nH]c1C#N. The predicted molar refractivity (Wildman–Crippen MR) is 69.0 cm³/mol. The number of amides is 1. The van der Waals surface area contributed by atoms with Gasteiger partial charge in [0, 0.05) is 13.0 Å². The Kier molecular flexibility index (Phi) is 4.96. The fourth-order valence-electron chi connectivity index (χ4n) is 1.17. The Bertz CT molecular complexity index is 537. The first-order valence-corrected chi connectivity index (χ1v) is 5.81.